The molecule has 2 aromatic carbocycles. The molecule has 3 nitrogen and oxygen atoms in total. The van der Waals surface area contributed by atoms with Crippen LogP contribution in [0.3, 0.4) is 0 Å². The van der Waals surface area contributed by atoms with Gasteiger partial charge >= 0.3 is 0 Å². The molecule has 5 heteroatoms. The number of ether oxygens (including phenoxy) is 2. The molecule has 0 unspecified atom stereocenters. The minimum absolute atomic E-state index is 0.00194. The van der Waals surface area contributed by atoms with Crippen molar-refractivity contribution in [3.8, 4) is 11.5 Å². The van der Waals surface area contributed by atoms with Crippen LogP contribution in [0.15, 0.2) is 36.4 Å². The number of ketones is 1. The molecule has 0 bridgehead atoms. The Hall–Kier alpha value is -2.07. The molecule has 0 heterocycles. The van der Waals surface area contributed by atoms with Gasteiger partial charge in [-0.2, -0.15) is 0 Å². The summed E-state index contributed by atoms with van der Waals surface area (Å²) in [5.74, 6) is 0.366. The fourth-order valence-electron chi connectivity index (χ4n) is 1.96. The third-order valence-electron chi connectivity index (χ3n) is 3.06. The van der Waals surface area contributed by atoms with Crippen LogP contribution >= 0.6 is 11.6 Å². The van der Waals surface area contributed by atoms with E-state index in [-0.39, 0.29) is 17.2 Å². The summed E-state index contributed by atoms with van der Waals surface area (Å²) in [6.45, 7) is 0. The molecule has 110 valence electrons. The van der Waals surface area contributed by atoms with E-state index in [0.29, 0.717) is 22.6 Å². The molecule has 0 fully saturated rings. The summed E-state index contributed by atoms with van der Waals surface area (Å²) in [6, 6.07) is 9.22. The lowest BCUT2D eigenvalue weighted by Gasteiger charge is -2.10. The molecule has 0 amide bonds. The first-order valence-electron chi connectivity index (χ1n) is 6.24. The molecule has 2 rings (SSSR count). The van der Waals surface area contributed by atoms with Gasteiger partial charge in [-0.05, 0) is 35.9 Å². The zero-order valence-electron chi connectivity index (χ0n) is 11.7. The monoisotopic (exact) mass is 308 g/mol. The molecule has 0 spiro atoms. The van der Waals surface area contributed by atoms with Gasteiger partial charge in [0, 0.05) is 6.42 Å². The predicted octanol–water partition coefficient (Wildman–Crippen LogP) is 3.92. The van der Waals surface area contributed by atoms with Gasteiger partial charge in [0.15, 0.2) is 5.78 Å². The first-order chi connectivity index (χ1) is 10.0. The number of carbonyl (C=O) groups excluding carboxylic acids is 1. The topological polar surface area (TPSA) is 35.5 Å². The molecule has 0 atom stereocenters. The Morgan fingerprint density at radius 2 is 1.90 bits per heavy atom. The van der Waals surface area contributed by atoms with Crippen molar-refractivity contribution >= 4 is 17.4 Å². The van der Waals surface area contributed by atoms with E-state index in [1.165, 1.54) is 32.4 Å². The van der Waals surface area contributed by atoms with Crippen molar-refractivity contribution in [2.45, 2.75) is 6.42 Å². The number of benzene rings is 2. The van der Waals surface area contributed by atoms with Crippen molar-refractivity contribution in [2.75, 3.05) is 14.2 Å². The Morgan fingerprint density at radius 1 is 1.14 bits per heavy atom. The lowest BCUT2D eigenvalue weighted by molar-refractivity contribution is 0.0989. The summed E-state index contributed by atoms with van der Waals surface area (Å²) < 4.78 is 23.4. The van der Waals surface area contributed by atoms with Crippen LogP contribution in [0.5, 0.6) is 11.5 Å². The first kappa shape index (κ1) is 15.3. The van der Waals surface area contributed by atoms with Crippen LogP contribution in [-0.4, -0.2) is 20.0 Å². The number of rotatable bonds is 5. The SMILES string of the molecule is COc1ccc(OC)c(C(=O)Cc2ccc(F)c(Cl)c2)c1. The molecular formula is C16H14ClFO3. The third-order valence-corrected chi connectivity index (χ3v) is 3.35. The maximum atomic E-state index is 13.1. The molecule has 0 aliphatic rings. The fourth-order valence-corrected chi connectivity index (χ4v) is 2.17. The van der Waals surface area contributed by atoms with Gasteiger partial charge in [-0.1, -0.05) is 17.7 Å². The summed E-state index contributed by atoms with van der Waals surface area (Å²) in [4.78, 5) is 12.4. The van der Waals surface area contributed by atoms with Crippen LogP contribution < -0.4 is 9.47 Å². The van der Waals surface area contributed by atoms with Gasteiger partial charge in [0.2, 0.25) is 0 Å². The number of methoxy groups -OCH3 is 2. The number of carbonyl (C=O) groups is 1. The fraction of sp³-hybridized carbons (Fsp3) is 0.188. The van der Waals surface area contributed by atoms with E-state index in [0.717, 1.165) is 0 Å². The Morgan fingerprint density at radius 3 is 2.52 bits per heavy atom. The highest BCUT2D eigenvalue weighted by molar-refractivity contribution is 6.30. The molecule has 0 aromatic heterocycles. The summed E-state index contributed by atoms with van der Waals surface area (Å²) >= 11 is 5.72. The van der Waals surface area contributed by atoms with E-state index in [1.54, 1.807) is 18.2 Å². The van der Waals surface area contributed by atoms with Crippen molar-refractivity contribution in [3.05, 3.63) is 58.4 Å². The van der Waals surface area contributed by atoms with Crippen molar-refractivity contribution in [3.63, 3.8) is 0 Å². The third kappa shape index (κ3) is 3.52. The van der Waals surface area contributed by atoms with Crippen LogP contribution in [0, 0.1) is 5.82 Å². The highest BCUT2D eigenvalue weighted by atomic mass is 35.5. The van der Waals surface area contributed by atoms with Crippen LogP contribution in [0.25, 0.3) is 0 Å². The second-order valence-corrected chi connectivity index (χ2v) is 4.82. The summed E-state index contributed by atoms with van der Waals surface area (Å²) in [7, 11) is 3.02. The summed E-state index contributed by atoms with van der Waals surface area (Å²) in [5.41, 5.74) is 1.05. The Labute approximate surface area is 127 Å². The van der Waals surface area contributed by atoms with Crippen molar-refractivity contribution in [1.29, 1.82) is 0 Å². The largest absolute Gasteiger partial charge is 0.497 e. The van der Waals surface area contributed by atoms with Gasteiger partial charge in [-0.25, -0.2) is 4.39 Å². The Balaban J connectivity index is 2.28. The number of hydrogen-bond donors (Lipinski definition) is 0. The van der Waals surface area contributed by atoms with Crippen molar-refractivity contribution < 1.29 is 18.7 Å². The highest BCUT2D eigenvalue weighted by Crippen LogP contribution is 2.26. The quantitative estimate of drug-likeness (QED) is 0.785. The van der Waals surface area contributed by atoms with E-state index >= 15 is 0 Å². The predicted molar refractivity (Wildman–Crippen MR) is 79.0 cm³/mol. The van der Waals surface area contributed by atoms with Crippen LogP contribution in [0.1, 0.15) is 15.9 Å². The summed E-state index contributed by atoms with van der Waals surface area (Å²) in [5, 5.41) is -0.00194. The smallest absolute Gasteiger partial charge is 0.171 e. The van der Waals surface area contributed by atoms with E-state index in [2.05, 4.69) is 0 Å². The number of hydrogen-bond acceptors (Lipinski definition) is 3. The van der Waals surface area contributed by atoms with Crippen LogP contribution in [0.4, 0.5) is 4.39 Å². The van der Waals surface area contributed by atoms with E-state index in [4.69, 9.17) is 21.1 Å². The second kappa shape index (κ2) is 6.59. The molecule has 21 heavy (non-hydrogen) atoms. The molecule has 0 saturated heterocycles. The number of halogens is 2. The number of Topliss-reactive ketones (excluding diaryl/α,β-unsaturated/α-hetero) is 1. The highest BCUT2D eigenvalue weighted by Gasteiger charge is 2.15. The maximum Gasteiger partial charge on any atom is 0.171 e. The maximum absolute atomic E-state index is 13.1. The van der Waals surface area contributed by atoms with Gasteiger partial charge < -0.3 is 9.47 Å². The first-order valence-corrected chi connectivity index (χ1v) is 6.62. The molecule has 2 aromatic rings. The van der Waals surface area contributed by atoms with Gasteiger partial charge in [-0.15, -0.1) is 0 Å². The van der Waals surface area contributed by atoms with Crippen molar-refractivity contribution in [2.24, 2.45) is 0 Å². The second-order valence-electron chi connectivity index (χ2n) is 4.41. The standard InChI is InChI=1S/C16H14ClFO3/c1-20-11-4-6-16(21-2)12(9-11)15(19)8-10-3-5-14(18)13(17)7-10/h3-7,9H,8H2,1-2H3. The zero-order chi connectivity index (χ0) is 15.4. The molecule has 0 saturated carbocycles. The molecule has 0 aliphatic carbocycles. The molecule has 0 N–H and O–H groups in total. The van der Waals surface area contributed by atoms with Crippen LogP contribution in [-0.2, 0) is 6.42 Å². The molecule has 0 radical (unpaired) electrons. The van der Waals surface area contributed by atoms with E-state index in [1.807, 2.05) is 0 Å². The van der Waals surface area contributed by atoms with Crippen LogP contribution in [0.2, 0.25) is 5.02 Å². The molecular weight excluding hydrogens is 295 g/mol. The Bertz CT molecular complexity index is 671. The minimum Gasteiger partial charge on any atom is -0.497 e. The Kier molecular flexibility index (Phi) is 4.81. The van der Waals surface area contributed by atoms with Gasteiger partial charge in [0.25, 0.3) is 0 Å². The zero-order valence-corrected chi connectivity index (χ0v) is 12.4. The van der Waals surface area contributed by atoms with E-state index < -0.39 is 5.82 Å². The molecule has 0 aliphatic heterocycles. The lowest BCUT2D eigenvalue weighted by Crippen LogP contribution is -2.06. The van der Waals surface area contributed by atoms with Gasteiger partial charge in [0.1, 0.15) is 17.3 Å². The average Bonchev–Trinajstić information content (AvgIpc) is 2.50. The summed E-state index contributed by atoms with van der Waals surface area (Å²) in [6.07, 6.45) is 0.101. The lowest BCUT2D eigenvalue weighted by atomic mass is 10.0. The average molecular weight is 309 g/mol. The van der Waals surface area contributed by atoms with Gasteiger partial charge in [-0.3, -0.25) is 4.79 Å². The van der Waals surface area contributed by atoms with Gasteiger partial charge in [0.05, 0.1) is 24.8 Å². The van der Waals surface area contributed by atoms with Crippen molar-refractivity contribution in [1.82, 2.24) is 0 Å². The minimum atomic E-state index is -0.508. The van der Waals surface area contributed by atoms with E-state index in [9.17, 15) is 9.18 Å². The normalized spacial score (nSPS) is 10.3.